The van der Waals surface area contributed by atoms with Gasteiger partial charge in [-0.05, 0) is 36.4 Å². The summed E-state index contributed by atoms with van der Waals surface area (Å²) < 4.78 is 55.9. The van der Waals surface area contributed by atoms with Gasteiger partial charge in [0.15, 0.2) is 18.1 Å². The van der Waals surface area contributed by atoms with Crippen molar-refractivity contribution >= 4 is 11.6 Å². The maximum atomic E-state index is 12.8. The molecule has 0 radical (unpaired) electrons. The lowest BCUT2D eigenvalue weighted by Gasteiger charge is -2.11. The van der Waals surface area contributed by atoms with Crippen LogP contribution in [0.3, 0.4) is 0 Å². The summed E-state index contributed by atoms with van der Waals surface area (Å²) in [6.07, 6.45) is -4.49. The van der Waals surface area contributed by atoms with Crippen LogP contribution in [0.2, 0.25) is 0 Å². The SMILES string of the molecule is COc1ccccc1-c1nnc2ccc(OCCNC(=O)COc3cccc(C(F)(F)F)c3)nn12. The number of rotatable bonds is 9. The van der Waals surface area contributed by atoms with E-state index in [2.05, 4.69) is 20.6 Å². The van der Waals surface area contributed by atoms with Gasteiger partial charge in [-0.3, -0.25) is 4.79 Å². The number of fused-ring (bicyclic) bond motifs is 1. The molecule has 2 aromatic heterocycles. The zero-order valence-corrected chi connectivity index (χ0v) is 18.5. The van der Waals surface area contributed by atoms with E-state index in [0.717, 1.165) is 12.1 Å². The third kappa shape index (κ3) is 5.78. The van der Waals surface area contributed by atoms with E-state index in [1.54, 1.807) is 25.3 Å². The zero-order valence-electron chi connectivity index (χ0n) is 18.5. The minimum Gasteiger partial charge on any atom is -0.496 e. The van der Waals surface area contributed by atoms with Crippen molar-refractivity contribution in [3.8, 4) is 28.8 Å². The Morgan fingerprint density at radius 2 is 1.86 bits per heavy atom. The van der Waals surface area contributed by atoms with Crippen LogP contribution in [0.15, 0.2) is 60.7 Å². The Kier molecular flexibility index (Phi) is 6.99. The molecule has 0 aliphatic heterocycles. The third-order valence-corrected chi connectivity index (χ3v) is 4.79. The minimum absolute atomic E-state index is 0.0523. The van der Waals surface area contributed by atoms with Crippen molar-refractivity contribution < 1.29 is 32.2 Å². The van der Waals surface area contributed by atoms with Crippen LogP contribution < -0.4 is 19.5 Å². The van der Waals surface area contributed by atoms with E-state index >= 15 is 0 Å². The maximum absolute atomic E-state index is 12.8. The fourth-order valence-electron chi connectivity index (χ4n) is 3.15. The molecular formula is C23H20F3N5O4. The van der Waals surface area contributed by atoms with Gasteiger partial charge in [-0.1, -0.05) is 18.2 Å². The molecule has 9 nitrogen and oxygen atoms in total. The van der Waals surface area contributed by atoms with E-state index in [1.807, 2.05) is 18.2 Å². The van der Waals surface area contributed by atoms with Crippen LogP contribution in [-0.2, 0) is 11.0 Å². The molecule has 0 bridgehead atoms. The highest BCUT2D eigenvalue weighted by Gasteiger charge is 2.30. The predicted octanol–water partition coefficient (Wildman–Crippen LogP) is 3.39. The van der Waals surface area contributed by atoms with Gasteiger partial charge in [0, 0.05) is 6.07 Å². The predicted molar refractivity (Wildman–Crippen MR) is 118 cm³/mol. The number of benzene rings is 2. The van der Waals surface area contributed by atoms with Gasteiger partial charge < -0.3 is 19.5 Å². The summed E-state index contributed by atoms with van der Waals surface area (Å²) in [4.78, 5) is 11.9. The quantitative estimate of drug-likeness (QED) is 0.361. The largest absolute Gasteiger partial charge is 0.496 e. The molecule has 2 heterocycles. The first-order valence-corrected chi connectivity index (χ1v) is 10.4. The standard InChI is InChI=1S/C23H20F3N5O4/c1-33-18-8-3-2-7-17(18)22-29-28-19-9-10-21(30-31(19)22)34-12-11-27-20(32)14-35-16-6-4-5-15(13-16)23(24,25)26/h2-10,13H,11-12,14H2,1H3,(H,27,32). The molecule has 35 heavy (non-hydrogen) atoms. The molecule has 0 aliphatic carbocycles. The van der Waals surface area contributed by atoms with E-state index in [-0.39, 0.29) is 24.8 Å². The lowest BCUT2D eigenvalue weighted by atomic mass is 10.2. The van der Waals surface area contributed by atoms with Gasteiger partial charge in [0.2, 0.25) is 5.88 Å². The molecule has 182 valence electrons. The monoisotopic (exact) mass is 487 g/mol. The molecule has 0 atom stereocenters. The summed E-state index contributed by atoms with van der Waals surface area (Å²) in [6.45, 7) is -0.208. The highest BCUT2D eigenvalue weighted by atomic mass is 19.4. The number of carbonyl (C=O) groups excluding carboxylic acids is 1. The van der Waals surface area contributed by atoms with Crippen LogP contribution in [0.1, 0.15) is 5.56 Å². The van der Waals surface area contributed by atoms with Gasteiger partial charge in [-0.2, -0.15) is 17.7 Å². The molecule has 2 aromatic carbocycles. The fourth-order valence-corrected chi connectivity index (χ4v) is 3.15. The Labute approximate surface area is 197 Å². The Bertz CT molecular complexity index is 1330. The van der Waals surface area contributed by atoms with Gasteiger partial charge in [-0.15, -0.1) is 15.3 Å². The van der Waals surface area contributed by atoms with Crippen LogP contribution in [0.4, 0.5) is 13.2 Å². The van der Waals surface area contributed by atoms with Crippen LogP contribution in [0.25, 0.3) is 17.0 Å². The van der Waals surface area contributed by atoms with Crippen molar-refractivity contribution in [1.29, 1.82) is 0 Å². The number of carbonyl (C=O) groups is 1. The minimum atomic E-state index is -4.49. The first kappa shape index (κ1) is 23.8. The molecule has 0 saturated heterocycles. The summed E-state index contributed by atoms with van der Waals surface area (Å²) in [7, 11) is 1.56. The Hall–Kier alpha value is -4.35. The van der Waals surface area contributed by atoms with Crippen LogP contribution in [-0.4, -0.2) is 52.6 Å². The Morgan fingerprint density at radius 1 is 1.03 bits per heavy atom. The first-order chi connectivity index (χ1) is 16.8. The van der Waals surface area contributed by atoms with Gasteiger partial charge in [0.1, 0.15) is 18.1 Å². The zero-order chi connectivity index (χ0) is 24.8. The molecule has 1 amide bonds. The molecule has 0 fully saturated rings. The average molecular weight is 487 g/mol. The van der Waals surface area contributed by atoms with E-state index in [9.17, 15) is 18.0 Å². The highest BCUT2D eigenvalue weighted by Crippen LogP contribution is 2.31. The van der Waals surface area contributed by atoms with Crippen LogP contribution in [0.5, 0.6) is 17.4 Å². The van der Waals surface area contributed by atoms with Crippen molar-refractivity contribution in [2.24, 2.45) is 0 Å². The number of nitrogens with one attached hydrogen (secondary N) is 1. The summed E-state index contributed by atoms with van der Waals surface area (Å²) in [5, 5.41) is 15.2. The summed E-state index contributed by atoms with van der Waals surface area (Å²) >= 11 is 0. The highest BCUT2D eigenvalue weighted by molar-refractivity contribution is 5.77. The second-order valence-electron chi connectivity index (χ2n) is 7.18. The van der Waals surface area contributed by atoms with Crippen LogP contribution in [0, 0.1) is 0 Å². The van der Waals surface area contributed by atoms with Crippen molar-refractivity contribution in [1.82, 2.24) is 25.1 Å². The summed E-state index contributed by atoms with van der Waals surface area (Å²) in [6, 6.07) is 14.9. The Morgan fingerprint density at radius 3 is 2.66 bits per heavy atom. The molecule has 12 heteroatoms. The van der Waals surface area contributed by atoms with E-state index in [1.165, 1.54) is 16.6 Å². The van der Waals surface area contributed by atoms with E-state index in [0.29, 0.717) is 22.8 Å². The smallest absolute Gasteiger partial charge is 0.416 e. The first-order valence-electron chi connectivity index (χ1n) is 10.4. The van der Waals surface area contributed by atoms with E-state index in [4.69, 9.17) is 14.2 Å². The molecule has 0 unspecified atom stereocenters. The van der Waals surface area contributed by atoms with Crippen LogP contribution >= 0.6 is 0 Å². The number of para-hydroxylation sites is 1. The third-order valence-electron chi connectivity index (χ3n) is 4.79. The number of hydrogen-bond donors (Lipinski definition) is 1. The number of halogens is 3. The number of amides is 1. The molecule has 0 saturated carbocycles. The number of hydrogen-bond acceptors (Lipinski definition) is 7. The summed E-state index contributed by atoms with van der Waals surface area (Å²) in [5.74, 6) is 0.811. The van der Waals surface area contributed by atoms with Crippen molar-refractivity contribution in [2.45, 2.75) is 6.18 Å². The topological polar surface area (TPSA) is 99.9 Å². The molecule has 0 aliphatic rings. The van der Waals surface area contributed by atoms with Gasteiger partial charge in [0.05, 0.1) is 24.8 Å². The van der Waals surface area contributed by atoms with Crippen molar-refractivity contribution in [3.63, 3.8) is 0 Å². The molecule has 4 rings (SSSR count). The van der Waals surface area contributed by atoms with Crippen molar-refractivity contribution in [2.75, 3.05) is 26.9 Å². The molecular weight excluding hydrogens is 467 g/mol. The molecule has 0 spiro atoms. The number of ether oxygens (including phenoxy) is 3. The number of nitrogens with zero attached hydrogens (tertiary/aromatic N) is 4. The number of aromatic nitrogens is 4. The van der Waals surface area contributed by atoms with Gasteiger partial charge >= 0.3 is 6.18 Å². The van der Waals surface area contributed by atoms with Gasteiger partial charge in [0.25, 0.3) is 5.91 Å². The average Bonchev–Trinajstić information content (AvgIpc) is 3.28. The second-order valence-corrected chi connectivity index (χ2v) is 7.18. The Balaban J connectivity index is 1.30. The number of methoxy groups -OCH3 is 1. The molecule has 4 aromatic rings. The van der Waals surface area contributed by atoms with Crippen molar-refractivity contribution in [3.05, 3.63) is 66.2 Å². The van der Waals surface area contributed by atoms with Gasteiger partial charge in [-0.25, -0.2) is 0 Å². The number of alkyl halides is 3. The second kappa shape index (κ2) is 10.3. The lowest BCUT2D eigenvalue weighted by molar-refractivity contribution is -0.137. The maximum Gasteiger partial charge on any atom is 0.416 e. The van der Waals surface area contributed by atoms with E-state index < -0.39 is 24.3 Å². The normalized spacial score (nSPS) is 11.3. The summed E-state index contributed by atoms with van der Waals surface area (Å²) in [5.41, 5.74) is 0.369. The lowest BCUT2D eigenvalue weighted by Crippen LogP contribution is -2.32. The molecule has 1 N–H and O–H groups in total. The fraction of sp³-hybridized carbons (Fsp3) is 0.217.